The van der Waals surface area contributed by atoms with Crippen LogP contribution in [0.4, 0.5) is 0 Å². The molecule has 2 rings (SSSR count). The number of sulfonamides is 1. The molecule has 1 aliphatic rings. The Morgan fingerprint density at radius 1 is 1.25 bits per heavy atom. The molecule has 20 heavy (non-hydrogen) atoms. The number of benzene rings is 1. The van der Waals surface area contributed by atoms with Crippen molar-refractivity contribution in [3.05, 3.63) is 35.9 Å². The molecule has 6 heteroatoms. The third-order valence-corrected chi connectivity index (χ3v) is 5.49. The van der Waals surface area contributed by atoms with Crippen LogP contribution in [-0.4, -0.2) is 44.6 Å². The summed E-state index contributed by atoms with van der Waals surface area (Å²) in [4.78, 5) is 0. The number of nitrogens with one attached hydrogen (secondary N) is 1. The molecule has 0 unspecified atom stereocenters. The Morgan fingerprint density at radius 2 is 1.90 bits per heavy atom. The number of hydrogen-bond donors (Lipinski definition) is 2. The highest BCUT2D eigenvalue weighted by Crippen LogP contribution is 2.15. The topological polar surface area (TPSA) is 75.6 Å². The number of hydrogen-bond acceptors (Lipinski definition) is 4. The Morgan fingerprint density at radius 3 is 2.50 bits per heavy atom. The second-order valence-corrected chi connectivity index (χ2v) is 7.04. The summed E-state index contributed by atoms with van der Waals surface area (Å²) in [7, 11) is -3.40. The van der Waals surface area contributed by atoms with Crippen LogP contribution in [0.15, 0.2) is 30.3 Å². The highest BCUT2D eigenvalue weighted by Gasteiger charge is 2.29. The van der Waals surface area contributed by atoms with Crippen LogP contribution in [0.3, 0.4) is 0 Å². The van der Waals surface area contributed by atoms with E-state index in [0.717, 1.165) is 5.56 Å². The maximum absolute atomic E-state index is 12.3. The number of rotatable bonds is 6. The second-order valence-electron chi connectivity index (χ2n) is 5.04. The Balaban J connectivity index is 1.98. The van der Waals surface area contributed by atoms with Crippen molar-refractivity contribution < 1.29 is 18.3 Å². The third kappa shape index (κ3) is 4.28. The van der Waals surface area contributed by atoms with Crippen molar-refractivity contribution in [2.24, 2.45) is 0 Å². The number of aliphatic hydroxyl groups is 1. The van der Waals surface area contributed by atoms with Gasteiger partial charge in [-0.05, 0) is 24.8 Å². The van der Waals surface area contributed by atoms with Crippen LogP contribution in [0.25, 0.3) is 0 Å². The van der Waals surface area contributed by atoms with Crippen molar-refractivity contribution in [3.63, 3.8) is 0 Å². The highest BCUT2D eigenvalue weighted by molar-refractivity contribution is 7.90. The van der Waals surface area contributed by atoms with Crippen molar-refractivity contribution >= 4 is 10.0 Å². The van der Waals surface area contributed by atoms with E-state index >= 15 is 0 Å². The normalized spacial score (nSPS) is 18.9. The van der Waals surface area contributed by atoms with Crippen molar-refractivity contribution in [1.29, 1.82) is 0 Å². The molecule has 1 saturated heterocycles. The minimum absolute atomic E-state index is 0.211. The van der Waals surface area contributed by atoms with Crippen LogP contribution in [0.5, 0.6) is 0 Å². The summed E-state index contributed by atoms with van der Waals surface area (Å²) in [5.74, 6) is 0. The average molecular weight is 299 g/mol. The quantitative estimate of drug-likeness (QED) is 0.810. The molecule has 1 fully saturated rings. The van der Waals surface area contributed by atoms with Crippen LogP contribution in [0.1, 0.15) is 18.4 Å². The first-order valence-electron chi connectivity index (χ1n) is 6.85. The van der Waals surface area contributed by atoms with Gasteiger partial charge in [-0.2, -0.15) is 0 Å². The molecule has 5 nitrogen and oxygen atoms in total. The lowest BCUT2D eigenvalue weighted by molar-refractivity contribution is 0.0980. The van der Waals surface area contributed by atoms with E-state index in [1.807, 2.05) is 30.3 Å². The molecule has 0 amide bonds. The third-order valence-electron chi connectivity index (χ3n) is 3.48. The van der Waals surface area contributed by atoms with Gasteiger partial charge in [0.1, 0.15) is 0 Å². The van der Waals surface area contributed by atoms with Gasteiger partial charge in [0, 0.05) is 19.3 Å². The molecule has 1 heterocycles. The van der Waals surface area contributed by atoms with E-state index in [2.05, 4.69) is 4.72 Å². The summed E-state index contributed by atoms with van der Waals surface area (Å²) in [6.45, 7) is 0.749. The first kappa shape index (κ1) is 15.4. The van der Waals surface area contributed by atoms with E-state index in [1.54, 1.807) is 0 Å². The van der Waals surface area contributed by atoms with Crippen LogP contribution in [-0.2, 0) is 21.2 Å². The molecular formula is C14H21NO4S. The fourth-order valence-electron chi connectivity index (χ4n) is 2.36. The molecule has 0 saturated carbocycles. The zero-order valence-corrected chi connectivity index (χ0v) is 12.2. The van der Waals surface area contributed by atoms with Gasteiger partial charge in [0.2, 0.25) is 10.0 Å². The molecule has 1 aliphatic heterocycles. The molecule has 0 aromatic heterocycles. The average Bonchev–Trinajstić information content (AvgIpc) is 2.48. The molecule has 1 aromatic rings. The predicted molar refractivity (Wildman–Crippen MR) is 76.9 cm³/mol. The molecular weight excluding hydrogens is 278 g/mol. The summed E-state index contributed by atoms with van der Waals surface area (Å²) in [6, 6.07) is 9.07. The summed E-state index contributed by atoms with van der Waals surface area (Å²) >= 11 is 0. The van der Waals surface area contributed by atoms with Gasteiger partial charge < -0.3 is 9.84 Å². The van der Waals surface area contributed by atoms with Gasteiger partial charge in [0.25, 0.3) is 0 Å². The van der Waals surface area contributed by atoms with Crippen LogP contribution in [0, 0.1) is 0 Å². The maximum Gasteiger partial charge on any atom is 0.214 e. The summed E-state index contributed by atoms with van der Waals surface area (Å²) < 4.78 is 32.3. The van der Waals surface area contributed by atoms with E-state index in [4.69, 9.17) is 4.74 Å². The molecule has 0 spiro atoms. The van der Waals surface area contributed by atoms with Gasteiger partial charge in [0.15, 0.2) is 0 Å². The predicted octanol–water partition coefficient (Wildman–Crippen LogP) is 0.688. The van der Waals surface area contributed by atoms with E-state index in [-0.39, 0.29) is 6.61 Å². The van der Waals surface area contributed by atoms with E-state index in [9.17, 15) is 13.5 Å². The van der Waals surface area contributed by atoms with Gasteiger partial charge in [-0.1, -0.05) is 30.3 Å². The summed E-state index contributed by atoms with van der Waals surface area (Å²) in [5, 5.41) is 8.98. The fraction of sp³-hybridized carbons (Fsp3) is 0.571. The minimum atomic E-state index is -3.40. The van der Waals surface area contributed by atoms with Gasteiger partial charge in [-0.25, -0.2) is 13.1 Å². The SMILES string of the molecule is O=S(=O)(N[C@H](CO)Cc1ccccc1)C1CCOCC1. The lowest BCUT2D eigenvalue weighted by atomic mass is 10.1. The van der Waals surface area contributed by atoms with Crippen molar-refractivity contribution in [2.75, 3.05) is 19.8 Å². The van der Waals surface area contributed by atoms with Gasteiger partial charge in [-0.3, -0.25) is 0 Å². The van der Waals surface area contributed by atoms with Crippen molar-refractivity contribution in [2.45, 2.75) is 30.6 Å². The number of aliphatic hydroxyl groups excluding tert-OH is 1. The summed E-state index contributed by atoms with van der Waals surface area (Å²) in [6.07, 6.45) is 1.51. The largest absolute Gasteiger partial charge is 0.395 e. The summed E-state index contributed by atoms with van der Waals surface area (Å²) in [5.41, 5.74) is 1.00. The monoisotopic (exact) mass is 299 g/mol. The standard InChI is InChI=1S/C14H21NO4S/c16-11-13(10-12-4-2-1-3-5-12)15-20(17,18)14-6-8-19-9-7-14/h1-5,13-16H,6-11H2/t13-/m0/s1. The fourth-order valence-corrected chi connectivity index (χ4v) is 3.98. The maximum atomic E-state index is 12.3. The van der Waals surface area contributed by atoms with E-state index in [0.29, 0.717) is 32.5 Å². The molecule has 0 bridgehead atoms. The first-order valence-corrected chi connectivity index (χ1v) is 8.40. The Bertz CT molecular complexity index is 497. The molecule has 0 radical (unpaired) electrons. The molecule has 2 N–H and O–H groups in total. The van der Waals surface area contributed by atoms with Crippen LogP contribution in [0.2, 0.25) is 0 Å². The Labute approximate surface area is 120 Å². The number of ether oxygens (including phenoxy) is 1. The Kier molecular flexibility index (Phi) is 5.54. The Hall–Kier alpha value is -0.950. The molecule has 1 atom stereocenters. The van der Waals surface area contributed by atoms with E-state index in [1.165, 1.54) is 0 Å². The second kappa shape index (κ2) is 7.17. The lowest BCUT2D eigenvalue weighted by Crippen LogP contribution is -2.45. The smallest absolute Gasteiger partial charge is 0.214 e. The highest BCUT2D eigenvalue weighted by atomic mass is 32.2. The van der Waals surface area contributed by atoms with Gasteiger partial charge >= 0.3 is 0 Å². The van der Waals surface area contributed by atoms with Crippen LogP contribution >= 0.6 is 0 Å². The molecule has 0 aliphatic carbocycles. The zero-order chi connectivity index (χ0) is 14.4. The van der Waals surface area contributed by atoms with Gasteiger partial charge in [-0.15, -0.1) is 0 Å². The van der Waals surface area contributed by atoms with Crippen molar-refractivity contribution in [1.82, 2.24) is 4.72 Å². The molecule has 1 aromatic carbocycles. The minimum Gasteiger partial charge on any atom is -0.395 e. The van der Waals surface area contributed by atoms with E-state index < -0.39 is 21.3 Å². The first-order chi connectivity index (χ1) is 9.62. The van der Waals surface area contributed by atoms with Gasteiger partial charge in [0.05, 0.1) is 11.9 Å². The van der Waals surface area contributed by atoms with Crippen LogP contribution < -0.4 is 4.72 Å². The van der Waals surface area contributed by atoms with Crippen molar-refractivity contribution in [3.8, 4) is 0 Å². The lowest BCUT2D eigenvalue weighted by Gasteiger charge is -2.25. The molecule has 112 valence electrons. The zero-order valence-electron chi connectivity index (χ0n) is 11.4.